The molecule has 6 nitrogen and oxygen atoms in total. The monoisotopic (exact) mass is 299 g/mol. The van der Waals surface area contributed by atoms with Gasteiger partial charge in [-0.1, -0.05) is 30.0 Å². The van der Waals surface area contributed by atoms with Gasteiger partial charge in [0.25, 0.3) is 0 Å². The van der Waals surface area contributed by atoms with Gasteiger partial charge in [-0.15, -0.1) is 0 Å². The number of epoxide rings is 1. The Morgan fingerprint density at radius 1 is 1.14 bits per heavy atom. The summed E-state index contributed by atoms with van der Waals surface area (Å²) < 4.78 is 15.6. The van der Waals surface area contributed by atoms with Gasteiger partial charge < -0.3 is 14.0 Å². The lowest BCUT2D eigenvalue weighted by Crippen LogP contribution is -2.45. The summed E-state index contributed by atoms with van der Waals surface area (Å²) in [5, 5.41) is 0. The lowest BCUT2D eigenvalue weighted by molar-refractivity contribution is -0.145. The van der Waals surface area contributed by atoms with Crippen LogP contribution in [0.4, 0.5) is 0 Å². The second-order valence-corrected chi connectivity index (χ2v) is 5.18. The molecule has 0 aromatic heterocycles. The highest BCUT2D eigenvalue weighted by Gasteiger charge is 2.55. The van der Waals surface area contributed by atoms with Gasteiger partial charge >= 0.3 is 19.1 Å². The fraction of sp³-hybridized carbons (Fsp3) is 0.333. The number of hydrogen-bond acceptors (Lipinski definition) is 6. The second kappa shape index (κ2) is 6.22. The Morgan fingerprint density at radius 3 is 2.41 bits per heavy atom. The predicted octanol–water partition coefficient (Wildman–Crippen LogP) is -0.135. The van der Waals surface area contributed by atoms with E-state index in [9.17, 15) is 9.59 Å². The van der Waals surface area contributed by atoms with Crippen molar-refractivity contribution in [1.82, 2.24) is 4.90 Å². The number of likely N-dealkylation sites (N-methyl/N-ethyl adjacent to an activating group) is 1. The first-order chi connectivity index (χ1) is 10.6. The van der Waals surface area contributed by atoms with Gasteiger partial charge in [-0.05, 0) is 19.2 Å². The fourth-order valence-corrected chi connectivity index (χ4v) is 2.11. The number of benzene rings is 1. The van der Waals surface area contributed by atoms with Crippen LogP contribution in [0.3, 0.4) is 0 Å². The molecular formula is C15H14BNO5. The van der Waals surface area contributed by atoms with Crippen LogP contribution in [0, 0.1) is 11.8 Å². The average molecular weight is 299 g/mol. The second-order valence-electron chi connectivity index (χ2n) is 5.18. The molecule has 7 heteroatoms. The molecule has 3 rings (SSSR count). The highest BCUT2D eigenvalue weighted by Crippen LogP contribution is 2.26. The molecule has 2 aliphatic heterocycles. The fourth-order valence-electron chi connectivity index (χ4n) is 2.11. The first kappa shape index (κ1) is 14.6. The van der Waals surface area contributed by atoms with E-state index in [1.807, 2.05) is 30.3 Å². The number of nitrogens with zero attached hydrogens (tertiary/aromatic N) is 1. The normalized spacial score (nSPS) is 25.2. The number of carbonyl (C=O) groups is 2. The van der Waals surface area contributed by atoms with Crippen LogP contribution >= 0.6 is 0 Å². The van der Waals surface area contributed by atoms with Crippen LogP contribution in [-0.4, -0.2) is 56.2 Å². The summed E-state index contributed by atoms with van der Waals surface area (Å²) in [5.41, 5.74) is 0.866. The molecule has 1 aromatic rings. The number of ether oxygens (including phenoxy) is 1. The summed E-state index contributed by atoms with van der Waals surface area (Å²) in [6.45, 7) is 0.0807. The molecule has 0 bridgehead atoms. The van der Waals surface area contributed by atoms with Crippen molar-refractivity contribution in [3.05, 3.63) is 35.9 Å². The SMILES string of the molecule is CN1CC(=O)OB(C2OC2C#Cc2ccccc2)OC(=O)C1. The summed E-state index contributed by atoms with van der Waals surface area (Å²) in [6.07, 6.45) is -0.400. The molecule has 0 N–H and O–H groups in total. The Morgan fingerprint density at radius 2 is 1.77 bits per heavy atom. The quantitative estimate of drug-likeness (QED) is 0.409. The first-order valence-electron chi connectivity index (χ1n) is 6.91. The molecular weight excluding hydrogens is 285 g/mol. The maximum Gasteiger partial charge on any atom is 0.633 e. The summed E-state index contributed by atoms with van der Waals surface area (Å²) >= 11 is 0. The van der Waals surface area contributed by atoms with Crippen LogP contribution in [0.5, 0.6) is 0 Å². The lowest BCUT2D eigenvalue weighted by Gasteiger charge is -2.21. The van der Waals surface area contributed by atoms with Gasteiger partial charge in [0.1, 0.15) is 6.10 Å². The molecule has 1 aromatic carbocycles. The Hall–Kier alpha value is -2.30. The molecule has 2 fully saturated rings. The largest absolute Gasteiger partial charge is 0.633 e. The van der Waals surface area contributed by atoms with Crippen LogP contribution < -0.4 is 0 Å². The van der Waals surface area contributed by atoms with Gasteiger partial charge in [-0.25, -0.2) is 0 Å². The Labute approximate surface area is 128 Å². The third-order valence-corrected chi connectivity index (χ3v) is 3.22. The van der Waals surface area contributed by atoms with E-state index in [-0.39, 0.29) is 13.1 Å². The molecule has 2 aliphatic rings. The van der Waals surface area contributed by atoms with E-state index < -0.39 is 31.2 Å². The summed E-state index contributed by atoms with van der Waals surface area (Å²) in [4.78, 5) is 24.8. The Balaban J connectivity index is 1.62. The number of carbonyl (C=O) groups excluding carboxylic acids is 2. The van der Waals surface area contributed by atoms with Crippen LogP contribution in [0.2, 0.25) is 0 Å². The van der Waals surface area contributed by atoms with Gasteiger partial charge in [0, 0.05) is 5.56 Å². The minimum absolute atomic E-state index is 0.0404. The van der Waals surface area contributed by atoms with Crippen LogP contribution in [0.25, 0.3) is 0 Å². The zero-order valence-corrected chi connectivity index (χ0v) is 12.0. The average Bonchev–Trinajstić information content (AvgIpc) is 3.23. The number of hydrogen-bond donors (Lipinski definition) is 0. The van der Waals surface area contributed by atoms with Gasteiger partial charge in [0.2, 0.25) is 0 Å². The van der Waals surface area contributed by atoms with Gasteiger partial charge in [0.05, 0.1) is 13.1 Å². The third kappa shape index (κ3) is 3.67. The molecule has 0 aliphatic carbocycles. The first-order valence-corrected chi connectivity index (χ1v) is 6.91. The van der Waals surface area contributed by atoms with Crippen molar-refractivity contribution in [2.45, 2.75) is 12.1 Å². The van der Waals surface area contributed by atoms with E-state index in [2.05, 4.69) is 11.8 Å². The topological polar surface area (TPSA) is 68.4 Å². The maximum absolute atomic E-state index is 11.6. The molecule has 0 spiro atoms. The lowest BCUT2D eigenvalue weighted by atomic mass is 9.82. The molecule has 2 saturated heterocycles. The Kier molecular flexibility index (Phi) is 4.14. The van der Waals surface area contributed by atoms with E-state index >= 15 is 0 Å². The zero-order chi connectivity index (χ0) is 15.5. The van der Waals surface area contributed by atoms with Gasteiger partial charge in [-0.3, -0.25) is 14.5 Å². The minimum atomic E-state index is -1.02. The number of rotatable bonds is 1. The summed E-state index contributed by atoms with van der Waals surface area (Å²) in [6, 6.07) is 8.94. The molecule has 2 unspecified atom stereocenters. The van der Waals surface area contributed by atoms with E-state index in [1.165, 1.54) is 4.90 Å². The summed E-state index contributed by atoms with van der Waals surface area (Å²) in [7, 11) is 0.619. The van der Waals surface area contributed by atoms with Crippen LogP contribution in [0.1, 0.15) is 5.56 Å². The Bertz CT molecular complexity index is 618. The van der Waals surface area contributed by atoms with Crippen molar-refractivity contribution in [3.63, 3.8) is 0 Å². The van der Waals surface area contributed by atoms with E-state index in [1.54, 1.807) is 7.05 Å². The third-order valence-electron chi connectivity index (χ3n) is 3.22. The van der Waals surface area contributed by atoms with Crippen molar-refractivity contribution in [2.24, 2.45) is 0 Å². The van der Waals surface area contributed by atoms with E-state index in [0.717, 1.165) is 5.56 Å². The van der Waals surface area contributed by atoms with Crippen molar-refractivity contribution in [1.29, 1.82) is 0 Å². The standard InChI is InChI=1S/C15H14BNO5/c1-17-9-13(18)21-16(22-14(19)10-17)15-12(20-15)8-7-11-5-3-2-4-6-11/h2-6,12,15H,9-10H2,1H3. The highest BCUT2D eigenvalue weighted by molar-refractivity contribution is 6.51. The van der Waals surface area contributed by atoms with Gasteiger partial charge in [-0.2, -0.15) is 0 Å². The smallest absolute Gasteiger partial charge is 0.496 e. The minimum Gasteiger partial charge on any atom is -0.496 e. The van der Waals surface area contributed by atoms with Crippen molar-refractivity contribution >= 4 is 19.1 Å². The molecule has 22 heavy (non-hydrogen) atoms. The van der Waals surface area contributed by atoms with Crippen molar-refractivity contribution < 1.29 is 23.6 Å². The van der Waals surface area contributed by atoms with Crippen molar-refractivity contribution in [3.8, 4) is 11.8 Å². The van der Waals surface area contributed by atoms with Crippen molar-refractivity contribution in [2.75, 3.05) is 20.1 Å². The molecule has 2 atom stereocenters. The molecule has 0 amide bonds. The molecule has 2 heterocycles. The predicted molar refractivity (Wildman–Crippen MR) is 77.4 cm³/mol. The van der Waals surface area contributed by atoms with Crippen LogP contribution in [-0.2, 0) is 23.6 Å². The van der Waals surface area contributed by atoms with Crippen LogP contribution in [0.15, 0.2) is 30.3 Å². The maximum atomic E-state index is 11.6. The van der Waals surface area contributed by atoms with E-state index in [4.69, 9.17) is 14.0 Å². The summed E-state index contributed by atoms with van der Waals surface area (Å²) in [5.74, 6) is 4.99. The molecule has 0 radical (unpaired) electrons. The molecule has 112 valence electrons. The van der Waals surface area contributed by atoms with Gasteiger partial charge in [0.15, 0.2) is 6.00 Å². The highest BCUT2D eigenvalue weighted by atomic mass is 16.7. The van der Waals surface area contributed by atoms with E-state index in [0.29, 0.717) is 0 Å². The molecule has 0 saturated carbocycles. The zero-order valence-electron chi connectivity index (χ0n) is 12.0.